The Morgan fingerprint density at radius 2 is 2.04 bits per heavy atom. The number of aromatic nitrogens is 5. The van der Waals surface area contributed by atoms with Crippen LogP contribution < -0.4 is 10.6 Å². The second-order valence-electron chi connectivity index (χ2n) is 6.84. The molecule has 4 heterocycles. The van der Waals surface area contributed by atoms with E-state index in [1.54, 1.807) is 6.20 Å². The molecule has 28 heavy (non-hydrogen) atoms. The van der Waals surface area contributed by atoms with E-state index in [1.165, 1.54) is 23.0 Å². The molecule has 3 aromatic heterocycles. The Hall–Kier alpha value is -2.79. The van der Waals surface area contributed by atoms with Crippen molar-refractivity contribution in [2.45, 2.75) is 31.2 Å². The van der Waals surface area contributed by atoms with E-state index in [0.29, 0.717) is 29.8 Å². The summed E-state index contributed by atoms with van der Waals surface area (Å²) >= 11 is 0. The number of anilines is 1. The average Bonchev–Trinajstić information content (AvgIpc) is 3.30. The molecule has 0 aromatic carbocycles. The van der Waals surface area contributed by atoms with Crippen molar-refractivity contribution < 1.29 is 18.3 Å². The van der Waals surface area contributed by atoms with Gasteiger partial charge in [0, 0.05) is 18.8 Å². The smallest absolute Gasteiger partial charge is 0.375 e. The summed E-state index contributed by atoms with van der Waals surface area (Å²) in [5.74, 6) is 0.567. The summed E-state index contributed by atoms with van der Waals surface area (Å²) < 4.78 is 40.9. The summed E-state index contributed by atoms with van der Waals surface area (Å²) in [4.78, 5) is 16.6. The first kappa shape index (κ1) is 18.6. The van der Waals surface area contributed by atoms with Gasteiger partial charge in [-0.1, -0.05) is 0 Å². The molecule has 0 spiro atoms. The molecule has 1 aliphatic rings. The molecule has 1 aliphatic heterocycles. The molecule has 2 atom stereocenters. The van der Waals surface area contributed by atoms with Crippen LogP contribution in [0.15, 0.2) is 31.0 Å². The molecule has 0 saturated carbocycles. The first-order valence-corrected chi connectivity index (χ1v) is 8.68. The van der Waals surface area contributed by atoms with Crippen molar-refractivity contribution in [3.8, 4) is 11.4 Å². The molecule has 8 nitrogen and oxygen atoms in total. The van der Waals surface area contributed by atoms with Crippen molar-refractivity contribution in [2.75, 3.05) is 18.4 Å². The monoisotopic (exact) mass is 393 g/mol. The fourth-order valence-electron chi connectivity index (χ4n) is 3.02. The Kier molecular flexibility index (Phi) is 4.42. The van der Waals surface area contributed by atoms with Gasteiger partial charge >= 0.3 is 6.18 Å². The second-order valence-corrected chi connectivity index (χ2v) is 6.84. The summed E-state index contributed by atoms with van der Waals surface area (Å²) in [7, 11) is 0. The third-order valence-electron chi connectivity index (χ3n) is 4.76. The lowest BCUT2D eigenvalue weighted by Crippen LogP contribution is -2.40. The van der Waals surface area contributed by atoms with Gasteiger partial charge in [0.1, 0.15) is 11.5 Å². The predicted octanol–water partition coefficient (Wildman–Crippen LogP) is 1.73. The molecule has 1 saturated heterocycles. The van der Waals surface area contributed by atoms with Crippen molar-refractivity contribution in [1.29, 1.82) is 0 Å². The van der Waals surface area contributed by atoms with Crippen LogP contribution in [-0.2, 0) is 5.60 Å². The maximum atomic E-state index is 13.2. The van der Waals surface area contributed by atoms with E-state index in [2.05, 4.69) is 30.6 Å². The Morgan fingerprint density at radius 3 is 2.75 bits per heavy atom. The SMILES string of the molecule is CC(O)(c1cn2c(-c3cncc(NC4CCNC4)n3)cnc2cn1)C(F)(F)F. The minimum absolute atomic E-state index is 0.240. The molecular formula is C17H18F3N7O. The fraction of sp³-hybridized carbons (Fsp3) is 0.412. The molecule has 3 aromatic rings. The maximum Gasteiger partial charge on any atom is 0.422 e. The Labute approximate surface area is 157 Å². The third kappa shape index (κ3) is 3.27. The number of rotatable bonds is 4. The van der Waals surface area contributed by atoms with Crippen molar-refractivity contribution in [3.63, 3.8) is 0 Å². The van der Waals surface area contributed by atoms with Crippen LogP contribution in [0.1, 0.15) is 19.0 Å². The molecule has 0 radical (unpaired) electrons. The molecule has 0 amide bonds. The quantitative estimate of drug-likeness (QED) is 0.621. The van der Waals surface area contributed by atoms with Crippen LogP contribution >= 0.6 is 0 Å². The van der Waals surface area contributed by atoms with Gasteiger partial charge < -0.3 is 15.7 Å². The van der Waals surface area contributed by atoms with Crippen molar-refractivity contribution in [1.82, 2.24) is 29.7 Å². The lowest BCUT2D eigenvalue weighted by atomic mass is 10.0. The number of alkyl halides is 3. The van der Waals surface area contributed by atoms with Gasteiger partial charge in [-0.2, -0.15) is 13.2 Å². The lowest BCUT2D eigenvalue weighted by molar-refractivity contribution is -0.260. The second kappa shape index (κ2) is 6.67. The zero-order valence-electron chi connectivity index (χ0n) is 14.9. The summed E-state index contributed by atoms with van der Waals surface area (Å²) in [5, 5.41) is 16.4. The zero-order valence-corrected chi connectivity index (χ0v) is 14.9. The van der Waals surface area contributed by atoms with E-state index in [9.17, 15) is 18.3 Å². The van der Waals surface area contributed by atoms with Gasteiger partial charge in [-0.25, -0.2) is 9.97 Å². The minimum atomic E-state index is -4.87. The van der Waals surface area contributed by atoms with E-state index < -0.39 is 17.5 Å². The van der Waals surface area contributed by atoms with Crippen molar-refractivity contribution in [3.05, 3.63) is 36.7 Å². The molecule has 3 N–H and O–H groups in total. The van der Waals surface area contributed by atoms with Crippen molar-refractivity contribution in [2.24, 2.45) is 0 Å². The van der Waals surface area contributed by atoms with Crippen molar-refractivity contribution >= 4 is 11.5 Å². The Bertz CT molecular complexity index is 996. The van der Waals surface area contributed by atoms with Crippen LogP contribution in [0.3, 0.4) is 0 Å². The van der Waals surface area contributed by atoms with Gasteiger partial charge in [-0.15, -0.1) is 0 Å². The number of halogens is 3. The number of fused-ring (bicyclic) bond motifs is 1. The van der Waals surface area contributed by atoms with Gasteiger partial charge in [-0.3, -0.25) is 14.4 Å². The van der Waals surface area contributed by atoms with Crippen LogP contribution in [-0.4, -0.2) is 54.8 Å². The van der Waals surface area contributed by atoms with Gasteiger partial charge in [0.05, 0.1) is 36.2 Å². The highest BCUT2D eigenvalue weighted by Crippen LogP contribution is 2.37. The van der Waals surface area contributed by atoms with Crippen LogP contribution in [0.4, 0.5) is 19.0 Å². The molecule has 0 aliphatic carbocycles. The van der Waals surface area contributed by atoms with E-state index in [1.807, 2.05) is 0 Å². The predicted molar refractivity (Wildman–Crippen MR) is 94.5 cm³/mol. The number of aliphatic hydroxyl groups is 1. The molecule has 2 unspecified atom stereocenters. The summed E-state index contributed by atoms with van der Waals surface area (Å²) in [6.07, 6.45) is 2.97. The van der Waals surface area contributed by atoms with E-state index >= 15 is 0 Å². The Morgan fingerprint density at radius 1 is 1.21 bits per heavy atom. The normalized spacial score (nSPS) is 19.7. The molecule has 1 fully saturated rings. The minimum Gasteiger partial charge on any atom is -0.375 e. The molecule has 11 heteroatoms. The summed E-state index contributed by atoms with van der Waals surface area (Å²) in [6.45, 7) is 2.41. The van der Waals surface area contributed by atoms with Gasteiger partial charge in [-0.05, 0) is 19.9 Å². The Balaban J connectivity index is 1.72. The highest BCUT2D eigenvalue weighted by molar-refractivity contribution is 5.60. The molecule has 148 valence electrons. The number of hydrogen-bond donors (Lipinski definition) is 3. The van der Waals surface area contributed by atoms with Gasteiger partial charge in [0.2, 0.25) is 5.60 Å². The van der Waals surface area contributed by atoms with E-state index in [0.717, 1.165) is 25.7 Å². The van der Waals surface area contributed by atoms with Gasteiger partial charge in [0.15, 0.2) is 5.65 Å². The maximum absolute atomic E-state index is 13.2. The summed E-state index contributed by atoms with van der Waals surface area (Å²) in [5.41, 5.74) is -2.42. The van der Waals surface area contributed by atoms with Crippen LogP contribution in [0, 0.1) is 0 Å². The topological polar surface area (TPSA) is 100 Å². The van der Waals surface area contributed by atoms with Crippen LogP contribution in [0.5, 0.6) is 0 Å². The lowest BCUT2D eigenvalue weighted by Gasteiger charge is -2.25. The fourth-order valence-corrected chi connectivity index (χ4v) is 3.02. The number of imidazole rings is 1. The number of nitrogens with one attached hydrogen (secondary N) is 2. The van der Waals surface area contributed by atoms with E-state index in [4.69, 9.17) is 0 Å². The highest BCUT2D eigenvalue weighted by atomic mass is 19.4. The van der Waals surface area contributed by atoms with E-state index in [-0.39, 0.29) is 6.04 Å². The standard InChI is InChI=1S/C17H18F3N7O/c1-16(28,17(18,19)20)13-9-27-12(6-24-15(27)8-23-13)11-5-22-7-14(26-11)25-10-2-3-21-4-10/h5-10,21,28H,2-4H2,1H3,(H,25,26). The van der Waals surface area contributed by atoms with Gasteiger partial charge in [0.25, 0.3) is 0 Å². The first-order chi connectivity index (χ1) is 13.3. The third-order valence-corrected chi connectivity index (χ3v) is 4.76. The number of hydrogen-bond acceptors (Lipinski definition) is 7. The highest BCUT2D eigenvalue weighted by Gasteiger charge is 2.52. The summed E-state index contributed by atoms with van der Waals surface area (Å²) in [6, 6.07) is 0.240. The molecule has 0 bridgehead atoms. The van der Waals surface area contributed by atoms with Crippen LogP contribution in [0.2, 0.25) is 0 Å². The first-order valence-electron chi connectivity index (χ1n) is 8.68. The molecular weight excluding hydrogens is 375 g/mol. The zero-order chi connectivity index (χ0) is 19.9. The largest absolute Gasteiger partial charge is 0.422 e. The number of nitrogens with zero attached hydrogens (tertiary/aromatic N) is 5. The van der Waals surface area contributed by atoms with Crippen LogP contribution in [0.25, 0.3) is 17.0 Å². The average molecular weight is 393 g/mol. The molecule has 4 rings (SSSR count).